The van der Waals surface area contributed by atoms with Gasteiger partial charge in [-0.3, -0.25) is 4.79 Å². The van der Waals surface area contributed by atoms with Gasteiger partial charge < -0.3 is 14.4 Å². The molecule has 0 atom stereocenters. The van der Waals surface area contributed by atoms with Crippen LogP contribution in [0.2, 0.25) is 0 Å². The minimum atomic E-state index is 0.141. The molecule has 24 heavy (non-hydrogen) atoms. The van der Waals surface area contributed by atoms with Gasteiger partial charge in [0.05, 0.1) is 0 Å². The van der Waals surface area contributed by atoms with E-state index in [1.807, 2.05) is 36.3 Å². The van der Waals surface area contributed by atoms with Crippen LogP contribution in [-0.4, -0.2) is 53.5 Å². The Bertz CT molecular complexity index is 657. The number of amides is 1. The molecule has 1 aliphatic heterocycles. The number of hydrogen-bond donors (Lipinski definition) is 0. The number of aryl methyl sites for hydroxylation is 2. The topological polar surface area (TPSA) is 28.5 Å². The molecule has 1 amide bonds. The second-order valence-electron chi connectivity index (χ2n) is 6.77. The summed E-state index contributed by atoms with van der Waals surface area (Å²) in [7, 11) is 4.10. The molecule has 4 nitrogen and oxygen atoms in total. The lowest BCUT2D eigenvalue weighted by Gasteiger charge is -2.35. The van der Waals surface area contributed by atoms with E-state index in [0.717, 1.165) is 44.6 Å². The average molecular weight is 325 g/mol. The minimum Gasteiger partial charge on any atom is -0.343 e. The highest BCUT2D eigenvalue weighted by molar-refractivity contribution is 5.92. The predicted octanol–water partition coefficient (Wildman–Crippen LogP) is 2.90. The van der Waals surface area contributed by atoms with Crippen LogP contribution < -0.4 is 0 Å². The first-order valence-electron chi connectivity index (χ1n) is 8.80. The van der Waals surface area contributed by atoms with Gasteiger partial charge in [0.15, 0.2) is 0 Å². The number of nitrogens with zero attached hydrogens (tertiary/aromatic N) is 3. The first-order valence-corrected chi connectivity index (χ1v) is 8.80. The Kier molecular flexibility index (Phi) is 5.36. The summed E-state index contributed by atoms with van der Waals surface area (Å²) in [5.74, 6) is 0.141. The van der Waals surface area contributed by atoms with Crippen molar-refractivity contribution in [1.82, 2.24) is 14.4 Å². The van der Waals surface area contributed by atoms with Gasteiger partial charge in [0.1, 0.15) is 5.69 Å². The molecule has 2 heterocycles. The van der Waals surface area contributed by atoms with Crippen LogP contribution in [0, 0.1) is 0 Å². The zero-order valence-corrected chi connectivity index (χ0v) is 14.7. The van der Waals surface area contributed by atoms with Crippen LogP contribution in [-0.2, 0) is 13.0 Å². The summed E-state index contributed by atoms with van der Waals surface area (Å²) in [4.78, 5) is 17.2. The molecule has 4 heteroatoms. The van der Waals surface area contributed by atoms with E-state index in [9.17, 15) is 4.79 Å². The van der Waals surface area contributed by atoms with Crippen LogP contribution in [0.3, 0.4) is 0 Å². The number of carbonyl (C=O) groups excluding carboxylic acids is 1. The Labute approximate surface area is 144 Å². The first kappa shape index (κ1) is 16.8. The highest BCUT2D eigenvalue weighted by Crippen LogP contribution is 2.17. The van der Waals surface area contributed by atoms with Crippen molar-refractivity contribution in [1.29, 1.82) is 0 Å². The monoisotopic (exact) mass is 325 g/mol. The van der Waals surface area contributed by atoms with Gasteiger partial charge >= 0.3 is 0 Å². The number of piperidine rings is 1. The fourth-order valence-corrected chi connectivity index (χ4v) is 3.43. The third-order valence-electron chi connectivity index (χ3n) is 5.09. The minimum absolute atomic E-state index is 0.141. The van der Waals surface area contributed by atoms with Crippen LogP contribution >= 0.6 is 0 Å². The zero-order chi connectivity index (χ0) is 16.9. The summed E-state index contributed by atoms with van der Waals surface area (Å²) in [5, 5.41) is 0. The van der Waals surface area contributed by atoms with E-state index in [1.165, 1.54) is 5.56 Å². The van der Waals surface area contributed by atoms with E-state index < -0.39 is 0 Å². The van der Waals surface area contributed by atoms with Crippen molar-refractivity contribution in [2.45, 2.75) is 31.8 Å². The largest absolute Gasteiger partial charge is 0.343 e. The number of rotatable bonds is 5. The average Bonchev–Trinajstić information content (AvgIpc) is 3.09. The van der Waals surface area contributed by atoms with Crippen molar-refractivity contribution in [3.05, 3.63) is 59.9 Å². The zero-order valence-electron chi connectivity index (χ0n) is 14.7. The molecule has 3 rings (SSSR count). The second-order valence-corrected chi connectivity index (χ2v) is 6.77. The number of benzene rings is 1. The molecule has 128 valence electrons. The summed E-state index contributed by atoms with van der Waals surface area (Å²) in [6.45, 7) is 2.97. The SMILES string of the molecule is CN1CCC(N(C)C(=O)c2cccn2CCc2ccccc2)CC1. The Morgan fingerprint density at radius 2 is 1.83 bits per heavy atom. The van der Waals surface area contributed by atoms with Gasteiger partial charge in [0.25, 0.3) is 5.91 Å². The molecule has 0 radical (unpaired) electrons. The predicted molar refractivity (Wildman–Crippen MR) is 97.2 cm³/mol. The molecule has 0 aliphatic carbocycles. The number of hydrogen-bond acceptors (Lipinski definition) is 2. The maximum Gasteiger partial charge on any atom is 0.270 e. The molecule has 1 saturated heterocycles. The molecule has 2 aromatic rings. The van der Waals surface area contributed by atoms with Crippen molar-refractivity contribution in [3.63, 3.8) is 0 Å². The third-order valence-corrected chi connectivity index (χ3v) is 5.09. The van der Waals surface area contributed by atoms with Gasteiger partial charge in [-0.1, -0.05) is 30.3 Å². The standard InChI is InChI=1S/C20H27N3O/c1-21-14-11-18(12-15-21)22(2)20(24)19-9-6-13-23(19)16-10-17-7-4-3-5-8-17/h3-9,13,18H,10-12,14-16H2,1-2H3. The van der Waals surface area contributed by atoms with E-state index in [2.05, 4.69) is 40.8 Å². The van der Waals surface area contributed by atoms with Gasteiger partial charge in [-0.15, -0.1) is 0 Å². The molecular weight excluding hydrogens is 298 g/mol. The summed E-state index contributed by atoms with van der Waals surface area (Å²) in [6, 6.07) is 14.7. The van der Waals surface area contributed by atoms with Gasteiger partial charge in [-0.25, -0.2) is 0 Å². The van der Waals surface area contributed by atoms with E-state index in [-0.39, 0.29) is 5.91 Å². The molecule has 0 saturated carbocycles. The molecule has 1 aliphatic rings. The third kappa shape index (κ3) is 3.88. The van der Waals surface area contributed by atoms with Crippen LogP contribution in [0.25, 0.3) is 0 Å². The summed E-state index contributed by atoms with van der Waals surface area (Å²) >= 11 is 0. The van der Waals surface area contributed by atoms with Gasteiger partial charge in [0, 0.05) is 25.8 Å². The van der Waals surface area contributed by atoms with E-state index in [4.69, 9.17) is 0 Å². The van der Waals surface area contributed by atoms with Crippen molar-refractivity contribution >= 4 is 5.91 Å². The van der Waals surface area contributed by atoms with Crippen molar-refractivity contribution in [3.8, 4) is 0 Å². The molecule has 0 spiro atoms. The molecular formula is C20H27N3O. The Morgan fingerprint density at radius 1 is 1.12 bits per heavy atom. The van der Waals surface area contributed by atoms with Crippen LogP contribution in [0.15, 0.2) is 48.7 Å². The van der Waals surface area contributed by atoms with E-state index in [0.29, 0.717) is 6.04 Å². The van der Waals surface area contributed by atoms with Gasteiger partial charge in [-0.05, 0) is 57.1 Å². The number of aromatic nitrogens is 1. The van der Waals surface area contributed by atoms with Crippen LogP contribution in [0.5, 0.6) is 0 Å². The lowest BCUT2D eigenvalue weighted by molar-refractivity contribution is 0.0649. The molecule has 0 unspecified atom stereocenters. The Morgan fingerprint density at radius 3 is 2.54 bits per heavy atom. The fourth-order valence-electron chi connectivity index (χ4n) is 3.43. The summed E-state index contributed by atoms with van der Waals surface area (Å²) in [5.41, 5.74) is 2.10. The van der Waals surface area contributed by atoms with Crippen LogP contribution in [0.4, 0.5) is 0 Å². The smallest absolute Gasteiger partial charge is 0.270 e. The lowest BCUT2D eigenvalue weighted by Crippen LogP contribution is -2.44. The summed E-state index contributed by atoms with van der Waals surface area (Å²) < 4.78 is 2.08. The van der Waals surface area contributed by atoms with Gasteiger partial charge in [-0.2, -0.15) is 0 Å². The lowest BCUT2D eigenvalue weighted by atomic mass is 10.0. The maximum absolute atomic E-state index is 12.9. The van der Waals surface area contributed by atoms with Crippen molar-refractivity contribution in [2.75, 3.05) is 27.2 Å². The normalized spacial score (nSPS) is 16.2. The summed E-state index contributed by atoms with van der Waals surface area (Å²) in [6.07, 6.45) is 5.07. The second kappa shape index (κ2) is 7.67. The van der Waals surface area contributed by atoms with Gasteiger partial charge in [0.2, 0.25) is 0 Å². The Balaban J connectivity index is 1.64. The number of likely N-dealkylation sites (tertiary alicyclic amines) is 1. The molecule has 0 bridgehead atoms. The maximum atomic E-state index is 12.9. The van der Waals surface area contributed by atoms with E-state index >= 15 is 0 Å². The highest BCUT2D eigenvalue weighted by Gasteiger charge is 2.25. The molecule has 1 aromatic carbocycles. The molecule has 1 fully saturated rings. The Hall–Kier alpha value is -2.07. The first-order chi connectivity index (χ1) is 11.6. The number of carbonyl (C=O) groups is 1. The van der Waals surface area contributed by atoms with Crippen LogP contribution in [0.1, 0.15) is 28.9 Å². The van der Waals surface area contributed by atoms with Crippen molar-refractivity contribution < 1.29 is 4.79 Å². The molecule has 0 N–H and O–H groups in total. The van der Waals surface area contributed by atoms with Crippen molar-refractivity contribution in [2.24, 2.45) is 0 Å². The highest BCUT2D eigenvalue weighted by atomic mass is 16.2. The quantitative estimate of drug-likeness (QED) is 0.846. The molecule has 1 aromatic heterocycles. The fraction of sp³-hybridized carbons (Fsp3) is 0.450. The van der Waals surface area contributed by atoms with E-state index in [1.54, 1.807) is 0 Å².